The molecule has 1 aliphatic rings. The summed E-state index contributed by atoms with van der Waals surface area (Å²) in [6, 6.07) is 0. The van der Waals surface area contributed by atoms with E-state index in [1.807, 2.05) is 39.8 Å². The fraction of sp³-hybridized carbons (Fsp3) is 0.583. The molecule has 1 rings (SSSR count). The van der Waals surface area contributed by atoms with E-state index in [-0.39, 0.29) is 11.7 Å². The number of hydrogen-bond acceptors (Lipinski definition) is 2. The van der Waals surface area contributed by atoms with Crippen molar-refractivity contribution in [1.29, 1.82) is 0 Å². The summed E-state index contributed by atoms with van der Waals surface area (Å²) >= 11 is 0. The first kappa shape index (κ1) is 11.2. The van der Waals surface area contributed by atoms with Crippen LogP contribution < -0.4 is 0 Å². The summed E-state index contributed by atoms with van der Waals surface area (Å²) in [5.41, 5.74) is 1.18. The second kappa shape index (κ2) is 3.70. The van der Waals surface area contributed by atoms with Gasteiger partial charge in [0.2, 0.25) is 0 Å². The number of ketones is 1. The van der Waals surface area contributed by atoms with Gasteiger partial charge in [-0.25, -0.2) is 0 Å². The van der Waals surface area contributed by atoms with Crippen LogP contribution >= 0.6 is 0 Å². The van der Waals surface area contributed by atoms with Crippen LogP contribution in [0, 0.1) is 5.92 Å². The molecule has 0 bridgehead atoms. The van der Waals surface area contributed by atoms with Gasteiger partial charge in [0.1, 0.15) is 0 Å². The van der Waals surface area contributed by atoms with Crippen molar-refractivity contribution < 1.29 is 9.53 Å². The van der Waals surface area contributed by atoms with E-state index in [2.05, 4.69) is 0 Å². The molecule has 2 nitrogen and oxygen atoms in total. The average molecular weight is 194 g/mol. The molecular weight excluding hydrogens is 176 g/mol. The number of allylic oxidation sites excluding steroid dienone is 2. The maximum Gasteiger partial charge on any atom is 0.175 e. The van der Waals surface area contributed by atoms with Crippen molar-refractivity contribution in [2.75, 3.05) is 7.11 Å². The number of carbonyl (C=O) groups excluding carboxylic acids is 1. The second-order valence-corrected chi connectivity index (χ2v) is 4.10. The monoisotopic (exact) mass is 194 g/mol. The molecule has 0 atom stereocenters. The van der Waals surface area contributed by atoms with Gasteiger partial charge in [0.05, 0.1) is 0 Å². The first-order valence-corrected chi connectivity index (χ1v) is 4.92. The lowest BCUT2D eigenvalue weighted by atomic mass is 9.82. The highest BCUT2D eigenvalue weighted by molar-refractivity contribution is 5.96. The maximum absolute atomic E-state index is 12.1. The lowest BCUT2D eigenvalue weighted by Crippen LogP contribution is -2.44. The zero-order chi connectivity index (χ0) is 10.9. The molecule has 0 aromatic heterocycles. The Labute approximate surface area is 85.6 Å². The summed E-state index contributed by atoms with van der Waals surface area (Å²) in [5.74, 6) is 0.125. The van der Waals surface area contributed by atoms with Crippen molar-refractivity contribution in [2.24, 2.45) is 5.92 Å². The molecule has 14 heavy (non-hydrogen) atoms. The molecule has 0 saturated heterocycles. The molecule has 0 aromatic carbocycles. The molecule has 2 heteroatoms. The fourth-order valence-corrected chi connectivity index (χ4v) is 2.01. The Morgan fingerprint density at radius 1 is 1.29 bits per heavy atom. The van der Waals surface area contributed by atoms with Gasteiger partial charge in [-0.05, 0) is 25.0 Å². The summed E-state index contributed by atoms with van der Waals surface area (Å²) in [7, 11) is 1.60. The number of hydrogen-bond donors (Lipinski definition) is 0. The third-order valence-electron chi connectivity index (χ3n) is 2.87. The van der Waals surface area contributed by atoms with Crippen LogP contribution in [-0.4, -0.2) is 18.5 Å². The standard InChI is InChI=1S/C12H18O2/c1-8(2)11(13)12(14-5)9(3)6-7-10(12)4/h6-8H,1-5H3. The third kappa shape index (κ3) is 1.34. The molecule has 0 saturated carbocycles. The van der Waals surface area contributed by atoms with Crippen molar-refractivity contribution in [3.8, 4) is 0 Å². The number of ether oxygens (including phenoxy) is 1. The Kier molecular flexibility index (Phi) is 2.95. The highest BCUT2D eigenvalue weighted by Crippen LogP contribution is 2.36. The van der Waals surface area contributed by atoms with Crippen molar-refractivity contribution in [3.63, 3.8) is 0 Å². The lowest BCUT2D eigenvalue weighted by molar-refractivity contribution is -0.136. The molecule has 0 amide bonds. The van der Waals surface area contributed by atoms with Gasteiger partial charge in [0.25, 0.3) is 0 Å². The normalized spacial score (nSPS) is 19.6. The van der Waals surface area contributed by atoms with Gasteiger partial charge in [-0.15, -0.1) is 0 Å². The summed E-state index contributed by atoms with van der Waals surface area (Å²) < 4.78 is 5.46. The number of rotatable bonds is 3. The highest BCUT2D eigenvalue weighted by atomic mass is 16.5. The first-order chi connectivity index (χ1) is 6.46. The molecule has 0 aliphatic heterocycles. The van der Waals surface area contributed by atoms with E-state index in [4.69, 9.17) is 4.74 Å². The maximum atomic E-state index is 12.1. The summed E-state index contributed by atoms with van der Waals surface area (Å²) in [6.45, 7) is 7.69. The van der Waals surface area contributed by atoms with Gasteiger partial charge in [-0.3, -0.25) is 4.79 Å². The molecule has 0 unspecified atom stereocenters. The van der Waals surface area contributed by atoms with E-state index in [1.165, 1.54) is 0 Å². The van der Waals surface area contributed by atoms with Gasteiger partial charge >= 0.3 is 0 Å². The van der Waals surface area contributed by atoms with Crippen molar-refractivity contribution in [2.45, 2.75) is 33.3 Å². The fourth-order valence-electron chi connectivity index (χ4n) is 2.01. The number of Topliss-reactive ketones (excluding diaryl/α,β-unsaturated/α-hetero) is 1. The molecule has 0 radical (unpaired) electrons. The molecule has 0 heterocycles. The summed E-state index contributed by atoms with van der Waals surface area (Å²) in [6.07, 6.45) is 3.91. The van der Waals surface area contributed by atoms with Crippen LogP contribution in [0.3, 0.4) is 0 Å². The van der Waals surface area contributed by atoms with Crippen molar-refractivity contribution in [1.82, 2.24) is 0 Å². The highest BCUT2D eigenvalue weighted by Gasteiger charge is 2.44. The van der Waals surface area contributed by atoms with Crippen LogP contribution in [0.15, 0.2) is 23.3 Å². The van der Waals surface area contributed by atoms with Crippen LogP contribution in [0.2, 0.25) is 0 Å². The zero-order valence-corrected chi connectivity index (χ0v) is 9.55. The SMILES string of the molecule is COC1(C(=O)C(C)C)C(C)=CC=C1C. The predicted octanol–water partition coefficient (Wildman–Crippen LogP) is 2.50. The van der Waals surface area contributed by atoms with Gasteiger partial charge in [-0.2, -0.15) is 0 Å². The first-order valence-electron chi connectivity index (χ1n) is 4.92. The average Bonchev–Trinajstić information content (AvgIpc) is 2.42. The molecule has 0 aromatic rings. The van der Waals surface area contributed by atoms with E-state index in [0.29, 0.717) is 0 Å². The van der Waals surface area contributed by atoms with E-state index in [1.54, 1.807) is 7.11 Å². The molecular formula is C12H18O2. The van der Waals surface area contributed by atoms with Crippen LogP contribution in [0.25, 0.3) is 0 Å². The smallest absolute Gasteiger partial charge is 0.175 e. The Morgan fingerprint density at radius 3 is 2.00 bits per heavy atom. The lowest BCUT2D eigenvalue weighted by Gasteiger charge is -2.31. The summed E-state index contributed by atoms with van der Waals surface area (Å²) in [5, 5.41) is 0. The van der Waals surface area contributed by atoms with Gasteiger partial charge in [0, 0.05) is 13.0 Å². The topological polar surface area (TPSA) is 26.3 Å². The van der Waals surface area contributed by atoms with Crippen LogP contribution in [0.1, 0.15) is 27.7 Å². The molecule has 0 fully saturated rings. The number of methoxy groups -OCH3 is 1. The van der Waals surface area contributed by atoms with Crippen LogP contribution in [-0.2, 0) is 9.53 Å². The molecule has 0 N–H and O–H groups in total. The molecule has 78 valence electrons. The summed E-state index contributed by atoms with van der Waals surface area (Å²) in [4.78, 5) is 12.1. The Morgan fingerprint density at radius 2 is 1.71 bits per heavy atom. The third-order valence-corrected chi connectivity index (χ3v) is 2.87. The van der Waals surface area contributed by atoms with Crippen molar-refractivity contribution >= 4 is 5.78 Å². The number of carbonyl (C=O) groups is 1. The van der Waals surface area contributed by atoms with Gasteiger partial charge in [-0.1, -0.05) is 26.0 Å². The molecule has 1 aliphatic carbocycles. The van der Waals surface area contributed by atoms with E-state index in [0.717, 1.165) is 11.1 Å². The van der Waals surface area contributed by atoms with E-state index in [9.17, 15) is 4.79 Å². The molecule has 0 spiro atoms. The predicted molar refractivity (Wildman–Crippen MR) is 57.1 cm³/mol. The minimum Gasteiger partial charge on any atom is -0.362 e. The quantitative estimate of drug-likeness (QED) is 0.690. The Bertz CT molecular complexity index is 290. The van der Waals surface area contributed by atoms with Gasteiger partial charge < -0.3 is 4.74 Å². The van der Waals surface area contributed by atoms with Crippen LogP contribution in [0.4, 0.5) is 0 Å². The minimum absolute atomic E-state index is 0.0141. The van der Waals surface area contributed by atoms with Gasteiger partial charge in [0.15, 0.2) is 11.4 Å². The minimum atomic E-state index is -0.784. The Balaban J connectivity index is 3.16. The second-order valence-electron chi connectivity index (χ2n) is 4.10. The van der Waals surface area contributed by atoms with E-state index >= 15 is 0 Å². The van der Waals surface area contributed by atoms with Crippen LogP contribution in [0.5, 0.6) is 0 Å². The largest absolute Gasteiger partial charge is 0.362 e. The van der Waals surface area contributed by atoms with E-state index < -0.39 is 5.60 Å². The Hall–Kier alpha value is -0.890. The zero-order valence-electron chi connectivity index (χ0n) is 9.55. The van der Waals surface area contributed by atoms with Crippen molar-refractivity contribution in [3.05, 3.63) is 23.3 Å².